The molecule has 0 aliphatic rings. The van der Waals surface area contributed by atoms with E-state index >= 15 is 0 Å². The molecule has 1 heterocycles. The van der Waals surface area contributed by atoms with E-state index in [1.807, 2.05) is 68.7 Å². The maximum atomic E-state index is 13.6. The summed E-state index contributed by atoms with van der Waals surface area (Å²) >= 11 is 1.44. The van der Waals surface area contributed by atoms with E-state index in [0.717, 1.165) is 16.7 Å². The second kappa shape index (κ2) is 10.7. The minimum Gasteiger partial charge on any atom is -0.495 e. The van der Waals surface area contributed by atoms with Crippen molar-refractivity contribution >= 4 is 32.6 Å². The average Bonchev–Trinajstić information content (AvgIpc) is 3.29. The van der Waals surface area contributed by atoms with Gasteiger partial charge in [0.2, 0.25) is 0 Å². The minimum absolute atomic E-state index is 0.0786. The molecule has 0 saturated carbocycles. The number of hydrogen-bond donors (Lipinski definition) is 0. The third-order valence-electron chi connectivity index (χ3n) is 5.60. The summed E-state index contributed by atoms with van der Waals surface area (Å²) in [7, 11) is 7.23. The zero-order valence-electron chi connectivity index (χ0n) is 19.9. The van der Waals surface area contributed by atoms with Crippen LogP contribution in [0.4, 0.5) is 5.13 Å². The number of likely N-dealkylation sites (N-methyl/N-ethyl adjacent to an activating group) is 1. The first kappa shape index (κ1) is 23.7. The summed E-state index contributed by atoms with van der Waals surface area (Å²) in [4.78, 5) is 22.2. The van der Waals surface area contributed by atoms with Gasteiger partial charge in [-0.2, -0.15) is 0 Å². The van der Waals surface area contributed by atoms with Crippen molar-refractivity contribution in [2.24, 2.45) is 0 Å². The highest BCUT2D eigenvalue weighted by molar-refractivity contribution is 7.22. The van der Waals surface area contributed by atoms with Gasteiger partial charge in [-0.15, -0.1) is 0 Å². The fraction of sp³-hybridized carbons (Fsp3) is 0.259. The number of aromatic nitrogens is 1. The maximum Gasteiger partial charge on any atom is 0.260 e. The largest absolute Gasteiger partial charge is 0.495 e. The number of hydrogen-bond acceptors (Lipinski definition) is 6. The predicted octanol–water partition coefficient (Wildman–Crippen LogP) is 5.11. The normalized spacial score (nSPS) is 11.1. The topological polar surface area (TPSA) is 54.9 Å². The molecule has 3 aromatic carbocycles. The van der Waals surface area contributed by atoms with E-state index in [4.69, 9.17) is 14.5 Å². The molecule has 0 atom stereocenters. The van der Waals surface area contributed by atoms with Gasteiger partial charge in [0, 0.05) is 18.7 Å². The van der Waals surface area contributed by atoms with Gasteiger partial charge in [-0.25, -0.2) is 4.98 Å². The fourth-order valence-corrected chi connectivity index (χ4v) is 4.83. The summed E-state index contributed by atoms with van der Waals surface area (Å²) in [6.45, 7) is 1.23. The molecule has 176 valence electrons. The molecule has 0 bridgehead atoms. The second-order valence-electron chi connectivity index (χ2n) is 8.26. The maximum absolute atomic E-state index is 13.6. The number of ether oxygens (including phenoxy) is 2. The number of carbonyl (C=O) groups excluding carboxylic acids is 1. The van der Waals surface area contributed by atoms with Crippen molar-refractivity contribution in [3.8, 4) is 11.5 Å². The van der Waals surface area contributed by atoms with Gasteiger partial charge in [0.1, 0.15) is 21.7 Å². The first-order chi connectivity index (χ1) is 16.5. The summed E-state index contributed by atoms with van der Waals surface area (Å²) in [6, 6.07) is 21.9. The van der Waals surface area contributed by atoms with Crippen molar-refractivity contribution in [1.29, 1.82) is 0 Å². The van der Waals surface area contributed by atoms with Crippen LogP contribution in [-0.2, 0) is 6.42 Å². The van der Waals surface area contributed by atoms with Gasteiger partial charge < -0.3 is 14.4 Å². The van der Waals surface area contributed by atoms with E-state index in [-0.39, 0.29) is 5.91 Å². The molecule has 0 saturated heterocycles. The number of rotatable bonds is 9. The highest BCUT2D eigenvalue weighted by atomic mass is 32.1. The van der Waals surface area contributed by atoms with Crippen LogP contribution in [0.15, 0.2) is 66.7 Å². The molecule has 34 heavy (non-hydrogen) atoms. The van der Waals surface area contributed by atoms with E-state index in [0.29, 0.717) is 40.8 Å². The molecule has 1 aromatic heterocycles. The van der Waals surface area contributed by atoms with Gasteiger partial charge in [0.15, 0.2) is 5.13 Å². The third-order valence-corrected chi connectivity index (χ3v) is 6.69. The van der Waals surface area contributed by atoms with E-state index in [2.05, 4.69) is 17.0 Å². The Bertz CT molecular complexity index is 1210. The average molecular weight is 476 g/mol. The lowest BCUT2D eigenvalue weighted by Gasteiger charge is -2.22. The molecule has 0 N–H and O–H groups in total. The van der Waals surface area contributed by atoms with Gasteiger partial charge in [-0.05, 0) is 55.9 Å². The smallest absolute Gasteiger partial charge is 0.260 e. The Kier molecular flexibility index (Phi) is 7.45. The highest BCUT2D eigenvalue weighted by Gasteiger charge is 2.23. The number of thiazole rings is 1. The quantitative estimate of drug-likeness (QED) is 0.337. The molecular formula is C27H29N3O3S. The molecule has 4 aromatic rings. The summed E-state index contributed by atoms with van der Waals surface area (Å²) < 4.78 is 11.9. The van der Waals surface area contributed by atoms with Crippen LogP contribution in [0, 0.1) is 0 Å². The van der Waals surface area contributed by atoms with Crippen molar-refractivity contribution in [3.63, 3.8) is 0 Å². The standard InChI is InChI=1S/C27H29N3O3S/c1-29(2)16-17-30(27-28-24-22(32-3)14-15-23(33-4)25(24)34-27)26(31)21-12-10-20(11-13-21)18-19-8-6-5-7-9-19/h5-15H,16-18H2,1-4H3. The minimum atomic E-state index is -0.0786. The molecule has 0 aliphatic heterocycles. The van der Waals surface area contributed by atoms with Crippen LogP contribution in [0.5, 0.6) is 11.5 Å². The van der Waals surface area contributed by atoms with Crippen LogP contribution in [-0.4, -0.2) is 57.2 Å². The lowest BCUT2D eigenvalue weighted by Crippen LogP contribution is -2.36. The Morgan fingerprint density at radius 3 is 2.15 bits per heavy atom. The van der Waals surface area contributed by atoms with Crippen molar-refractivity contribution in [1.82, 2.24) is 9.88 Å². The van der Waals surface area contributed by atoms with Crippen LogP contribution < -0.4 is 14.4 Å². The van der Waals surface area contributed by atoms with Crippen LogP contribution >= 0.6 is 11.3 Å². The highest BCUT2D eigenvalue weighted by Crippen LogP contribution is 2.40. The Morgan fingerprint density at radius 2 is 1.50 bits per heavy atom. The lowest BCUT2D eigenvalue weighted by atomic mass is 10.0. The summed E-state index contributed by atoms with van der Waals surface area (Å²) in [5.41, 5.74) is 3.74. The Balaban J connectivity index is 1.65. The lowest BCUT2D eigenvalue weighted by molar-refractivity contribution is 0.0985. The first-order valence-corrected chi connectivity index (χ1v) is 11.9. The summed E-state index contributed by atoms with van der Waals surface area (Å²) in [5.74, 6) is 1.29. The molecule has 6 nitrogen and oxygen atoms in total. The Labute approximate surface area is 204 Å². The molecule has 0 unspecified atom stereocenters. The molecule has 0 radical (unpaired) electrons. The molecule has 7 heteroatoms. The first-order valence-electron chi connectivity index (χ1n) is 11.1. The van der Waals surface area contributed by atoms with E-state index in [1.165, 1.54) is 16.9 Å². The molecule has 0 fully saturated rings. The van der Waals surface area contributed by atoms with E-state index in [9.17, 15) is 4.79 Å². The van der Waals surface area contributed by atoms with Crippen LogP contribution in [0.25, 0.3) is 10.2 Å². The number of carbonyl (C=O) groups is 1. The molecule has 1 amide bonds. The number of anilines is 1. The molecule has 0 spiro atoms. The fourth-order valence-electron chi connectivity index (χ4n) is 3.73. The van der Waals surface area contributed by atoms with Gasteiger partial charge in [-0.1, -0.05) is 53.8 Å². The van der Waals surface area contributed by atoms with Crippen LogP contribution in [0.3, 0.4) is 0 Å². The van der Waals surface area contributed by atoms with Gasteiger partial charge in [-0.3, -0.25) is 9.69 Å². The van der Waals surface area contributed by atoms with Gasteiger partial charge in [0.05, 0.1) is 14.2 Å². The number of nitrogens with zero attached hydrogens (tertiary/aromatic N) is 3. The molecule has 4 rings (SSSR count). The number of methoxy groups -OCH3 is 2. The number of benzene rings is 3. The summed E-state index contributed by atoms with van der Waals surface area (Å²) in [6.07, 6.45) is 0.830. The zero-order valence-corrected chi connectivity index (χ0v) is 20.8. The van der Waals surface area contributed by atoms with Crippen molar-refractivity contribution in [2.45, 2.75) is 6.42 Å². The molecule has 0 aliphatic carbocycles. The Morgan fingerprint density at radius 1 is 0.853 bits per heavy atom. The van der Waals surface area contributed by atoms with Crippen LogP contribution in [0.2, 0.25) is 0 Å². The van der Waals surface area contributed by atoms with Gasteiger partial charge >= 0.3 is 0 Å². The summed E-state index contributed by atoms with van der Waals surface area (Å²) in [5, 5.41) is 0.623. The predicted molar refractivity (Wildman–Crippen MR) is 139 cm³/mol. The van der Waals surface area contributed by atoms with E-state index in [1.54, 1.807) is 19.1 Å². The zero-order chi connectivity index (χ0) is 24.1. The number of fused-ring (bicyclic) bond motifs is 1. The third kappa shape index (κ3) is 5.21. The SMILES string of the molecule is COc1ccc(OC)c2sc(N(CCN(C)C)C(=O)c3ccc(Cc4ccccc4)cc3)nc12. The van der Waals surface area contributed by atoms with Crippen molar-refractivity contribution in [3.05, 3.63) is 83.4 Å². The molecular weight excluding hydrogens is 446 g/mol. The van der Waals surface area contributed by atoms with Gasteiger partial charge in [0.25, 0.3) is 5.91 Å². The van der Waals surface area contributed by atoms with Crippen LogP contribution in [0.1, 0.15) is 21.5 Å². The van der Waals surface area contributed by atoms with E-state index < -0.39 is 0 Å². The second-order valence-corrected chi connectivity index (χ2v) is 9.24. The monoisotopic (exact) mass is 475 g/mol. The number of amides is 1. The van der Waals surface area contributed by atoms with Crippen molar-refractivity contribution in [2.75, 3.05) is 46.3 Å². The van der Waals surface area contributed by atoms with Crippen molar-refractivity contribution < 1.29 is 14.3 Å². The Hall–Kier alpha value is -3.42.